The molecule has 2 aliphatic rings. The van der Waals surface area contributed by atoms with E-state index in [0.717, 1.165) is 12.8 Å². The summed E-state index contributed by atoms with van der Waals surface area (Å²) in [6, 6.07) is -0.866. The molecule has 0 N–H and O–H groups in total. The van der Waals surface area contributed by atoms with Gasteiger partial charge in [-0.25, -0.2) is 9.59 Å². The number of rotatable bonds is 5. The molecule has 142 valence electrons. The van der Waals surface area contributed by atoms with Gasteiger partial charge in [-0.3, -0.25) is 9.69 Å². The van der Waals surface area contributed by atoms with Gasteiger partial charge in [0.2, 0.25) is 0 Å². The summed E-state index contributed by atoms with van der Waals surface area (Å²) < 4.78 is 10.6. The van der Waals surface area contributed by atoms with Gasteiger partial charge in [-0.15, -0.1) is 0 Å². The summed E-state index contributed by atoms with van der Waals surface area (Å²) >= 11 is 0. The molecule has 1 amide bonds. The molecule has 1 unspecified atom stereocenters. The Balaban J connectivity index is 2.12. The lowest BCUT2D eigenvalue weighted by molar-refractivity contribution is -0.159. The van der Waals surface area contributed by atoms with E-state index in [0.29, 0.717) is 13.1 Å². The largest absolute Gasteiger partial charge is 0.464 e. The highest BCUT2D eigenvalue weighted by Crippen LogP contribution is 2.36. The summed E-state index contributed by atoms with van der Waals surface area (Å²) in [5.74, 6) is -0.611. The molecule has 2 rings (SSSR count). The van der Waals surface area contributed by atoms with Gasteiger partial charge in [-0.1, -0.05) is 6.92 Å². The lowest BCUT2D eigenvalue weighted by atomic mass is 9.80. The fraction of sp³-hybridized carbons (Fsp3) is 0.833. The van der Waals surface area contributed by atoms with Crippen LogP contribution in [0.2, 0.25) is 0 Å². The second-order valence-corrected chi connectivity index (χ2v) is 7.60. The fourth-order valence-corrected chi connectivity index (χ4v) is 3.50. The molecule has 0 radical (unpaired) electrons. The highest BCUT2D eigenvalue weighted by atomic mass is 16.6. The van der Waals surface area contributed by atoms with Crippen LogP contribution in [0.5, 0.6) is 0 Å². The fourth-order valence-electron chi connectivity index (χ4n) is 3.50. The Hall–Kier alpha value is -1.63. The smallest absolute Gasteiger partial charge is 0.410 e. The van der Waals surface area contributed by atoms with Gasteiger partial charge in [0.05, 0.1) is 12.6 Å². The third kappa shape index (κ3) is 4.32. The Kier molecular flexibility index (Phi) is 6.08. The Bertz CT molecular complexity index is 528. The molecule has 1 saturated carbocycles. The van der Waals surface area contributed by atoms with E-state index < -0.39 is 17.6 Å². The summed E-state index contributed by atoms with van der Waals surface area (Å²) in [6.45, 7) is 10.2. The summed E-state index contributed by atoms with van der Waals surface area (Å²) in [6.07, 6.45) is 1.68. The molecular weight excluding hydrogens is 324 g/mol. The van der Waals surface area contributed by atoms with E-state index in [-0.39, 0.29) is 37.0 Å². The molecule has 1 heterocycles. The zero-order valence-corrected chi connectivity index (χ0v) is 15.9. The number of Topliss-reactive ketones (excluding diaryl/α,β-unsaturated/α-hetero) is 1. The number of hydrogen-bond donors (Lipinski definition) is 0. The number of nitrogens with zero attached hydrogens (tertiary/aromatic N) is 2. The molecule has 7 heteroatoms. The average molecular weight is 354 g/mol. The van der Waals surface area contributed by atoms with Crippen molar-refractivity contribution >= 4 is 17.8 Å². The van der Waals surface area contributed by atoms with E-state index in [1.165, 1.54) is 0 Å². The summed E-state index contributed by atoms with van der Waals surface area (Å²) in [5.41, 5.74) is -0.543. The first-order chi connectivity index (χ1) is 11.7. The van der Waals surface area contributed by atoms with Crippen molar-refractivity contribution in [3.05, 3.63) is 0 Å². The van der Waals surface area contributed by atoms with Gasteiger partial charge >= 0.3 is 12.1 Å². The van der Waals surface area contributed by atoms with Gasteiger partial charge in [0.1, 0.15) is 5.60 Å². The highest BCUT2D eigenvalue weighted by molar-refractivity contribution is 6.03. The van der Waals surface area contributed by atoms with Crippen LogP contribution in [0.15, 0.2) is 0 Å². The second kappa shape index (κ2) is 7.72. The number of fused-ring (bicyclic) bond motifs is 1. The second-order valence-electron chi connectivity index (χ2n) is 7.60. The average Bonchev–Trinajstić information content (AvgIpc) is 2.47. The lowest BCUT2D eigenvalue weighted by Crippen LogP contribution is -2.70. The first-order valence-corrected chi connectivity index (χ1v) is 9.14. The van der Waals surface area contributed by atoms with Gasteiger partial charge in [-0.05, 0) is 40.5 Å². The van der Waals surface area contributed by atoms with E-state index in [4.69, 9.17) is 9.47 Å². The molecule has 2 fully saturated rings. The van der Waals surface area contributed by atoms with Crippen LogP contribution in [0.3, 0.4) is 0 Å². The molecule has 0 aromatic rings. The number of hydrogen-bond acceptors (Lipinski definition) is 6. The van der Waals surface area contributed by atoms with Crippen LogP contribution < -0.4 is 0 Å². The molecule has 25 heavy (non-hydrogen) atoms. The number of ketones is 1. The van der Waals surface area contributed by atoms with E-state index in [9.17, 15) is 14.4 Å². The van der Waals surface area contributed by atoms with Crippen LogP contribution in [-0.2, 0) is 19.1 Å². The molecule has 0 spiro atoms. The van der Waals surface area contributed by atoms with Crippen molar-refractivity contribution in [3.63, 3.8) is 0 Å². The number of carbonyl (C=O) groups is 3. The zero-order chi connectivity index (χ0) is 18.8. The van der Waals surface area contributed by atoms with Gasteiger partial charge in [0.15, 0.2) is 11.8 Å². The first-order valence-electron chi connectivity index (χ1n) is 9.14. The number of piperazine rings is 1. The van der Waals surface area contributed by atoms with Crippen molar-refractivity contribution < 1.29 is 23.9 Å². The Morgan fingerprint density at radius 3 is 2.20 bits per heavy atom. The minimum atomic E-state index is -0.862. The molecule has 1 aliphatic heterocycles. The van der Waals surface area contributed by atoms with Crippen molar-refractivity contribution in [1.82, 2.24) is 9.80 Å². The number of ether oxygens (including phenoxy) is 2. The lowest BCUT2D eigenvalue weighted by Gasteiger charge is -2.54. The van der Waals surface area contributed by atoms with Crippen LogP contribution in [-0.4, -0.2) is 71.1 Å². The highest BCUT2D eigenvalue weighted by Gasteiger charge is 2.50. The third-order valence-electron chi connectivity index (χ3n) is 4.75. The molecule has 1 aliphatic carbocycles. The van der Waals surface area contributed by atoms with Crippen molar-refractivity contribution in [2.45, 2.75) is 77.6 Å². The van der Waals surface area contributed by atoms with E-state index in [1.807, 2.05) is 25.7 Å². The van der Waals surface area contributed by atoms with Gasteiger partial charge in [0, 0.05) is 25.6 Å². The topological polar surface area (TPSA) is 76.2 Å². The van der Waals surface area contributed by atoms with Crippen molar-refractivity contribution in [3.8, 4) is 0 Å². The third-order valence-corrected chi connectivity index (χ3v) is 4.75. The standard InChI is InChI=1S/C18H30N2O5/c1-6-14(21)15(16(22)24-7-2)19-10-11-20(13-9-8-12(13)19)17(23)25-18(3,4)5/h12-13,15H,6-11H2,1-5H3/t12-,13-,15?/m1/s1. The summed E-state index contributed by atoms with van der Waals surface area (Å²) in [7, 11) is 0. The summed E-state index contributed by atoms with van der Waals surface area (Å²) in [4.78, 5) is 40.8. The Morgan fingerprint density at radius 1 is 1.08 bits per heavy atom. The van der Waals surface area contributed by atoms with Crippen LogP contribution >= 0.6 is 0 Å². The molecule has 0 aromatic heterocycles. The number of esters is 1. The van der Waals surface area contributed by atoms with Gasteiger partial charge in [-0.2, -0.15) is 0 Å². The minimum Gasteiger partial charge on any atom is -0.464 e. The normalized spacial score (nSPS) is 24.8. The summed E-state index contributed by atoms with van der Waals surface area (Å²) in [5, 5.41) is 0. The molecule has 0 aromatic carbocycles. The van der Waals surface area contributed by atoms with E-state index >= 15 is 0 Å². The number of amides is 1. The zero-order valence-electron chi connectivity index (χ0n) is 15.9. The minimum absolute atomic E-state index is 0.00572. The van der Waals surface area contributed by atoms with Crippen LogP contribution in [0.25, 0.3) is 0 Å². The molecule has 0 bridgehead atoms. The van der Waals surface area contributed by atoms with Gasteiger partial charge < -0.3 is 14.4 Å². The van der Waals surface area contributed by atoms with E-state index in [1.54, 1.807) is 18.7 Å². The van der Waals surface area contributed by atoms with E-state index in [2.05, 4.69) is 0 Å². The monoisotopic (exact) mass is 354 g/mol. The van der Waals surface area contributed by atoms with Crippen LogP contribution in [0, 0.1) is 0 Å². The molecule has 7 nitrogen and oxygen atoms in total. The number of carbonyl (C=O) groups excluding carboxylic acids is 3. The predicted octanol–water partition coefficient (Wildman–Crippen LogP) is 1.98. The quantitative estimate of drug-likeness (QED) is 0.555. The van der Waals surface area contributed by atoms with Crippen LogP contribution in [0.1, 0.15) is 53.9 Å². The van der Waals surface area contributed by atoms with Crippen molar-refractivity contribution in [2.24, 2.45) is 0 Å². The molecule has 3 atom stereocenters. The SMILES string of the molecule is CCOC(=O)C(C(=O)CC)N1CCN(C(=O)OC(C)(C)C)[C@@H]2CC[C@H]21. The van der Waals surface area contributed by atoms with Crippen LogP contribution in [0.4, 0.5) is 4.79 Å². The maximum absolute atomic E-state index is 12.4. The Morgan fingerprint density at radius 2 is 1.72 bits per heavy atom. The maximum Gasteiger partial charge on any atom is 0.410 e. The van der Waals surface area contributed by atoms with Crippen molar-refractivity contribution in [1.29, 1.82) is 0 Å². The Labute approximate surface area is 149 Å². The first kappa shape index (κ1) is 19.7. The molecular formula is C18H30N2O5. The van der Waals surface area contributed by atoms with Crippen molar-refractivity contribution in [2.75, 3.05) is 19.7 Å². The van der Waals surface area contributed by atoms with Gasteiger partial charge in [0.25, 0.3) is 0 Å². The molecule has 1 saturated heterocycles. The predicted molar refractivity (Wildman–Crippen MR) is 92.2 cm³/mol. The maximum atomic E-state index is 12.4.